The number of Topliss-reactive ketones (excluding diaryl/α,β-unsaturated/α-hetero) is 1. The number of nitrogens with one attached hydrogen (secondary N) is 1. The van der Waals surface area contributed by atoms with E-state index >= 15 is 0 Å². The minimum Gasteiger partial charge on any atom is -0.452 e. The Hall–Kier alpha value is -2.90. The summed E-state index contributed by atoms with van der Waals surface area (Å²) >= 11 is 0. The van der Waals surface area contributed by atoms with Crippen LogP contribution >= 0.6 is 0 Å². The van der Waals surface area contributed by atoms with Gasteiger partial charge in [-0.1, -0.05) is 0 Å². The first-order chi connectivity index (χ1) is 12.3. The molecule has 3 N–H and O–H groups in total. The molecule has 0 spiro atoms. The molecule has 1 saturated heterocycles. The third-order valence-electron chi connectivity index (χ3n) is 4.36. The second kappa shape index (κ2) is 8.46. The van der Waals surface area contributed by atoms with E-state index in [2.05, 4.69) is 5.32 Å². The van der Waals surface area contributed by atoms with Crippen LogP contribution < -0.4 is 11.1 Å². The van der Waals surface area contributed by atoms with Gasteiger partial charge < -0.3 is 20.7 Å². The van der Waals surface area contributed by atoms with Crippen molar-refractivity contribution in [1.29, 1.82) is 0 Å². The van der Waals surface area contributed by atoms with Crippen LogP contribution in [0.25, 0.3) is 0 Å². The molecule has 3 amide bonds. The summed E-state index contributed by atoms with van der Waals surface area (Å²) in [5.74, 6) is -1.32. The van der Waals surface area contributed by atoms with Crippen molar-refractivity contribution >= 4 is 29.4 Å². The third kappa shape index (κ3) is 5.05. The van der Waals surface area contributed by atoms with E-state index in [0.29, 0.717) is 37.2 Å². The molecule has 0 aromatic heterocycles. The molecule has 0 saturated carbocycles. The lowest BCUT2D eigenvalue weighted by Gasteiger charge is -2.30. The Morgan fingerprint density at radius 1 is 1.15 bits per heavy atom. The molecule has 1 aromatic rings. The van der Waals surface area contributed by atoms with Gasteiger partial charge in [-0.25, -0.2) is 4.79 Å². The van der Waals surface area contributed by atoms with E-state index in [0.717, 1.165) is 0 Å². The smallest absolute Gasteiger partial charge is 0.314 e. The van der Waals surface area contributed by atoms with Gasteiger partial charge in [-0.2, -0.15) is 0 Å². The molecule has 8 heteroatoms. The van der Waals surface area contributed by atoms with E-state index < -0.39 is 24.0 Å². The van der Waals surface area contributed by atoms with E-state index in [4.69, 9.17) is 10.5 Å². The van der Waals surface area contributed by atoms with Crippen molar-refractivity contribution in [2.75, 3.05) is 18.4 Å². The summed E-state index contributed by atoms with van der Waals surface area (Å²) in [6.07, 6.45) is -0.0326. The number of ether oxygens (including phenoxy) is 1. The number of urea groups is 1. The monoisotopic (exact) mass is 361 g/mol. The van der Waals surface area contributed by atoms with E-state index in [1.165, 1.54) is 18.7 Å². The summed E-state index contributed by atoms with van der Waals surface area (Å²) in [4.78, 5) is 48.2. The van der Waals surface area contributed by atoms with E-state index in [-0.39, 0.29) is 11.7 Å². The normalized spacial score (nSPS) is 15.8. The highest BCUT2D eigenvalue weighted by Crippen LogP contribution is 2.19. The third-order valence-corrected chi connectivity index (χ3v) is 4.36. The number of rotatable bonds is 5. The van der Waals surface area contributed by atoms with Crippen LogP contribution in [0.15, 0.2) is 24.3 Å². The molecule has 1 fully saturated rings. The van der Waals surface area contributed by atoms with Gasteiger partial charge >= 0.3 is 12.0 Å². The second-order valence-corrected chi connectivity index (χ2v) is 6.30. The van der Waals surface area contributed by atoms with Gasteiger partial charge in [-0.3, -0.25) is 14.4 Å². The van der Waals surface area contributed by atoms with Gasteiger partial charge in [0.25, 0.3) is 5.91 Å². The molecule has 1 aromatic carbocycles. The Labute approximate surface area is 151 Å². The Morgan fingerprint density at radius 2 is 1.73 bits per heavy atom. The summed E-state index contributed by atoms with van der Waals surface area (Å²) in [7, 11) is 0. The molecule has 8 nitrogen and oxygen atoms in total. The highest BCUT2D eigenvalue weighted by Gasteiger charge is 2.29. The van der Waals surface area contributed by atoms with Crippen LogP contribution in [-0.4, -0.2) is 47.8 Å². The van der Waals surface area contributed by atoms with Crippen LogP contribution in [0.1, 0.15) is 37.0 Å². The van der Waals surface area contributed by atoms with Crippen LogP contribution in [0.4, 0.5) is 10.5 Å². The van der Waals surface area contributed by atoms with E-state index in [1.54, 1.807) is 24.3 Å². The SMILES string of the molecule is CC(=O)c1ccc(NC(=O)[C@@H](C)OC(=O)C2CCN(C(N)=O)CC2)cc1. The number of hydrogen-bond acceptors (Lipinski definition) is 5. The van der Waals surface area contributed by atoms with Gasteiger partial charge in [0.15, 0.2) is 11.9 Å². The average Bonchev–Trinajstić information content (AvgIpc) is 2.62. The molecule has 1 atom stereocenters. The predicted octanol–water partition coefficient (Wildman–Crippen LogP) is 1.55. The summed E-state index contributed by atoms with van der Waals surface area (Å²) < 4.78 is 5.24. The number of carbonyl (C=O) groups excluding carboxylic acids is 4. The minimum absolute atomic E-state index is 0.0624. The molecular weight excluding hydrogens is 338 g/mol. The number of ketones is 1. The van der Waals surface area contributed by atoms with Crippen molar-refractivity contribution in [3.63, 3.8) is 0 Å². The summed E-state index contributed by atoms with van der Waals surface area (Å²) in [6.45, 7) is 3.76. The van der Waals surface area contributed by atoms with Crippen LogP contribution in [-0.2, 0) is 14.3 Å². The fourth-order valence-electron chi connectivity index (χ4n) is 2.69. The molecule has 2 rings (SSSR count). The molecular formula is C18H23N3O5. The van der Waals surface area contributed by atoms with Gasteiger partial charge in [0, 0.05) is 24.3 Å². The van der Waals surface area contributed by atoms with Gasteiger partial charge in [0.2, 0.25) is 0 Å². The molecule has 0 bridgehead atoms. The van der Waals surface area contributed by atoms with Crippen molar-refractivity contribution in [2.24, 2.45) is 11.7 Å². The van der Waals surface area contributed by atoms with Crippen LogP contribution in [0.3, 0.4) is 0 Å². The second-order valence-electron chi connectivity index (χ2n) is 6.30. The fourth-order valence-corrected chi connectivity index (χ4v) is 2.69. The summed E-state index contributed by atoms with van der Waals surface area (Å²) in [5.41, 5.74) is 6.27. The molecule has 1 aliphatic heterocycles. The summed E-state index contributed by atoms with van der Waals surface area (Å²) in [6, 6.07) is 5.95. The van der Waals surface area contributed by atoms with E-state index in [9.17, 15) is 19.2 Å². The standard InChI is InChI=1S/C18H23N3O5/c1-11(22)13-3-5-15(6-4-13)20-16(23)12(2)26-17(24)14-7-9-21(10-8-14)18(19)25/h3-6,12,14H,7-10H2,1-2H3,(H2,19,25)(H,20,23)/t12-/m1/s1. The number of amides is 3. The molecule has 1 heterocycles. The number of esters is 1. The van der Waals surface area contributed by atoms with Gasteiger partial charge in [0.05, 0.1) is 5.92 Å². The highest BCUT2D eigenvalue weighted by molar-refractivity contribution is 5.97. The van der Waals surface area contributed by atoms with Crippen molar-refractivity contribution in [1.82, 2.24) is 4.90 Å². The van der Waals surface area contributed by atoms with Crippen LogP contribution in [0, 0.1) is 5.92 Å². The number of likely N-dealkylation sites (tertiary alicyclic amines) is 1. The molecule has 140 valence electrons. The predicted molar refractivity (Wildman–Crippen MR) is 94.5 cm³/mol. The number of nitrogens with two attached hydrogens (primary N) is 1. The number of hydrogen-bond donors (Lipinski definition) is 2. The zero-order chi connectivity index (χ0) is 19.3. The zero-order valence-corrected chi connectivity index (χ0v) is 14.9. The van der Waals surface area contributed by atoms with Crippen LogP contribution in [0.2, 0.25) is 0 Å². The Kier molecular flexibility index (Phi) is 6.32. The maximum absolute atomic E-state index is 12.2. The number of piperidine rings is 1. The van der Waals surface area contributed by atoms with Crippen molar-refractivity contribution < 1.29 is 23.9 Å². The fraction of sp³-hybridized carbons (Fsp3) is 0.444. The van der Waals surface area contributed by atoms with Gasteiger partial charge in [0.1, 0.15) is 0 Å². The zero-order valence-electron chi connectivity index (χ0n) is 14.9. The Balaban J connectivity index is 1.83. The van der Waals surface area contributed by atoms with Crippen LogP contribution in [0.5, 0.6) is 0 Å². The highest BCUT2D eigenvalue weighted by atomic mass is 16.5. The number of carbonyl (C=O) groups is 4. The maximum atomic E-state index is 12.2. The lowest BCUT2D eigenvalue weighted by molar-refractivity contribution is -0.158. The maximum Gasteiger partial charge on any atom is 0.314 e. The molecule has 0 radical (unpaired) electrons. The van der Waals surface area contributed by atoms with Gasteiger partial charge in [-0.05, 0) is 51.0 Å². The lowest BCUT2D eigenvalue weighted by atomic mass is 9.97. The summed E-state index contributed by atoms with van der Waals surface area (Å²) in [5, 5.41) is 2.64. The number of benzene rings is 1. The average molecular weight is 361 g/mol. The lowest BCUT2D eigenvalue weighted by Crippen LogP contribution is -2.44. The van der Waals surface area contributed by atoms with Crippen molar-refractivity contribution in [3.05, 3.63) is 29.8 Å². The van der Waals surface area contributed by atoms with E-state index in [1.807, 2.05) is 0 Å². The molecule has 26 heavy (non-hydrogen) atoms. The number of nitrogens with zero attached hydrogens (tertiary/aromatic N) is 1. The largest absolute Gasteiger partial charge is 0.452 e. The minimum atomic E-state index is -0.954. The molecule has 1 aliphatic rings. The topological polar surface area (TPSA) is 119 Å². The van der Waals surface area contributed by atoms with Gasteiger partial charge in [-0.15, -0.1) is 0 Å². The van der Waals surface area contributed by atoms with Crippen molar-refractivity contribution in [2.45, 2.75) is 32.8 Å². The quantitative estimate of drug-likeness (QED) is 0.609. The Morgan fingerprint density at radius 3 is 2.23 bits per heavy atom. The number of anilines is 1. The first-order valence-electron chi connectivity index (χ1n) is 8.44. The molecule has 0 aliphatic carbocycles. The molecule has 0 unspecified atom stereocenters. The van der Waals surface area contributed by atoms with Crippen molar-refractivity contribution in [3.8, 4) is 0 Å². The first kappa shape index (κ1) is 19.4. The first-order valence-corrected chi connectivity index (χ1v) is 8.44. The number of primary amides is 1. The Bertz CT molecular complexity index is 693.